The van der Waals surface area contributed by atoms with E-state index in [0.717, 1.165) is 25.1 Å². The summed E-state index contributed by atoms with van der Waals surface area (Å²) in [5.41, 5.74) is -0.543. The molecule has 0 radical (unpaired) electrons. The van der Waals surface area contributed by atoms with Crippen LogP contribution >= 0.6 is 0 Å². The number of alkyl carbamates (subject to hydrolysis) is 1. The van der Waals surface area contributed by atoms with Gasteiger partial charge in [0, 0.05) is 19.5 Å². The highest BCUT2D eigenvalue weighted by molar-refractivity contribution is 5.77. The lowest BCUT2D eigenvalue weighted by atomic mass is 10.0. The Kier molecular flexibility index (Phi) is 5.57. The maximum Gasteiger partial charge on any atom is 0.407 e. The van der Waals surface area contributed by atoms with Crippen molar-refractivity contribution in [3.8, 4) is 0 Å². The molecule has 0 spiro atoms. The smallest absolute Gasteiger partial charge is 0.407 e. The van der Waals surface area contributed by atoms with Crippen LogP contribution in [0.4, 0.5) is 4.79 Å². The molecule has 1 aromatic heterocycles. The molecule has 1 saturated heterocycles. The number of aromatic amines is 1. The average Bonchev–Trinajstić information content (AvgIpc) is 2.99. The van der Waals surface area contributed by atoms with Crippen LogP contribution in [0.3, 0.4) is 0 Å². The van der Waals surface area contributed by atoms with Gasteiger partial charge in [0.1, 0.15) is 17.8 Å². The second kappa shape index (κ2) is 7.43. The Labute approximate surface area is 136 Å². The number of likely N-dealkylation sites (tertiary alicyclic amines) is 1. The number of hydrogen-bond donors (Lipinski definition) is 2. The van der Waals surface area contributed by atoms with Crippen LogP contribution in [0.1, 0.15) is 58.3 Å². The zero-order valence-electron chi connectivity index (χ0n) is 14.0. The Hall–Kier alpha value is -2.12. The van der Waals surface area contributed by atoms with E-state index in [1.807, 2.05) is 4.90 Å². The molecule has 0 unspecified atom stereocenters. The predicted octanol–water partition coefficient (Wildman–Crippen LogP) is 1.77. The van der Waals surface area contributed by atoms with Crippen molar-refractivity contribution in [3.63, 3.8) is 0 Å². The largest absolute Gasteiger partial charge is 0.444 e. The third-order valence-corrected chi connectivity index (χ3v) is 3.58. The topological polar surface area (TPSA) is 100 Å². The van der Waals surface area contributed by atoms with Crippen molar-refractivity contribution in [3.05, 3.63) is 12.2 Å². The zero-order valence-corrected chi connectivity index (χ0v) is 14.0. The van der Waals surface area contributed by atoms with E-state index in [1.165, 1.54) is 6.33 Å². The third kappa shape index (κ3) is 5.22. The number of rotatable bonds is 4. The SMILES string of the molecule is CC(C)(C)OC(=O)NCCC(=O)N1CCCC[C@H]1c1ncn[nH]1. The first kappa shape index (κ1) is 17.2. The molecule has 0 aromatic carbocycles. The molecule has 1 aliphatic heterocycles. The Morgan fingerprint density at radius 2 is 2.22 bits per heavy atom. The summed E-state index contributed by atoms with van der Waals surface area (Å²) in [5, 5.41) is 9.32. The van der Waals surface area contributed by atoms with Crippen molar-refractivity contribution < 1.29 is 14.3 Å². The van der Waals surface area contributed by atoms with E-state index in [2.05, 4.69) is 20.5 Å². The molecule has 0 saturated carbocycles. The van der Waals surface area contributed by atoms with E-state index in [1.54, 1.807) is 20.8 Å². The van der Waals surface area contributed by atoms with Gasteiger partial charge in [-0.1, -0.05) is 0 Å². The molecule has 0 bridgehead atoms. The van der Waals surface area contributed by atoms with Gasteiger partial charge in [-0.05, 0) is 40.0 Å². The number of nitrogens with one attached hydrogen (secondary N) is 2. The van der Waals surface area contributed by atoms with Crippen LogP contribution < -0.4 is 5.32 Å². The highest BCUT2D eigenvalue weighted by atomic mass is 16.6. The van der Waals surface area contributed by atoms with Crippen molar-refractivity contribution in [2.24, 2.45) is 0 Å². The Morgan fingerprint density at radius 1 is 1.43 bits per heavy atom. The quantitative estimate of drug-likeness (QED) is 0.879. The summed E-state index contributed by atoms with van der Waals surface area (Å²) in [6.07, 6.45) is 4.11. The number of carbonyl (C=O) groups is 2. The zero-order chi connectivity index (χ0) is 16.9. The van der Waals surface area contributed by atoms with Gasteiger partial charge in [0.15, 0.2) is 0 Å². The maximum absolute atomic E-state index is 12.4. The maximum atomic E-state index is 12.4. The number of hydrogen-bond acceptors (Lipinski definition) is 5. The molecular weight excluding hydrogens is 298 g/mol. The van der Waals surface area contributed by atoms with Crippen LogP contribution in [-0.4, -0.2) is 50.8 Å². The van der Waals surface area contributed by atoms with Crippen molar-refractivity contribution in [2.75, 3.05) is 13.1 Å². The van der Waals surface area contributed by atoms with Gasteiger partial charge < -0.3 is 15.0 Å². The monoisotopic (exact) mass is 323 g/mol. The molecular formula is C15H25N5O3. The first-order valence-corrected chi connectivity index (χ1v) is 7.98. The summed E-state index contributed by atoms with van der Waals surface area (Å²) >= 11 is 0. The van der Waals surface area contributed by atoms with Gasteiger partial charge in [-0.3, -0.25) is 9.89 Å². The first-order chi connectivity index (χ1) is 10.9. The van der Waals surface area contributed by atoms with Crippen LogP contribution in [0.2, 0.25) is 0 Å². The molecule has 0 aliphatic carbocycles. The molecule has 2 rings (SSSR count). The van der Waals surface area contributed by atoms with E-state index in [9.17, 15) is 9.59 Å². The highest BCUT2D eigenvalue weighted by Gasteiger charge is 2.29. The third-order valence-electron chi connectivity index (χ3n) is 3.58. The standard InChI is InChI=1S/C15H25N5O3/c1-15(2,3)23-14(22)16-8-7-12(21)20-9-5-4-6-11(20)13-17-10-18-19-13/h10-11H,4-9H2,1-3H3,(H,16,22)(H,17,18,19)/t11-/m0/s1. The lowest BCUT2D eigenvalue weighted by Crippen LogP contribution is -2.41. The van der Waals surface area contributed by atoms with Crippen molar-refractivity contribution in [1.82, 2.24) is 25.4 Å². The summed E-state index contributed by atoms with van der Waals surface area (Å²) in [6.45, 7) is 6.36. The number of H-pyrrole nitrogens is 1. The molecule has 8 heteroatoms. The fourth-order valence-electron chi connectivity index (χ4n) is 2.62. The van der Waals surface area contributed by atoms with Crippen LogP contribution in [-0.2, 0) is 9.53 Å². The molecule has 8 nitrogen and oxygen atoms in total. The summed E-state index contributed by atoms with van der Waals surface area (Å²) in [5.74, 6) is 0.723. The van der Waals surface area contributed by atoms with Crippen LogP contribution in [0.25, 0.3) is 0 Å². The Bertz CT molecular complexity index is 524. The van der Waals surface area contributed by atoms with E-state index < -0.39 is 11.7 Å². The summed E-state index contributed by atoms with van der Waals surface area (Å²) in [4.78, 5) is 30.0. The Morgan fingerprint density at radius 3 is 2.87 bits per heavy atom. The number of amides is 2. The number of ether oxygens (including phenoxy) is 1. The second-order valence-electron chi connectivity index (χ2n) is 6.65. The fourth-order valence-corrected chi connectivity index (χ4v) is 2.62. The molecule has 2 amide bonds. The molecule has 1 fully saturated rings. The molecule has 1 atom stereocenters. The first-order valence-electron chi connectivity index (χ1n) is 7.98. The summed E-state index contributed by atoms with van der Waals surface area (Å²) in [7, 11) is 0. The number of aromatic nitrogens is 3. The van der Waals surface area contributed by atoms with Crippen molar-refractivity contribution in [1.29, 1.82) is 0 Å². The van der Waals surface area contributed by atoms with E-state index in [4.69, 9.17) is 4.74 Å². The van der Waals surface area contributed by atoms with Gasteiger partial charge in [-0.25, -0.2) is 9.78 Å². The molecule has 2 N–H and O–H groups in total. The van der Waals surface area contributed by atoms with Crippen molar-refractivity contribution in [2.45, 2.75) is 58.1 Å². The van der Waals surface area contributed by atoms with E-state index >= 15 is 0 Å². The van der Waals surface area contributed by atoms with Crippen LogP contribution in [0.15, 0.2) is 6.33 Å². The van der Waals surface area contributed by atoms with Gasteiger partial charge >= 0.3 is 6.09 Å². The van der Waals surface area contributed by atoms with Gasteiger partial charge in [-0.2, -0.15) is 5.10 Å². The Balaban J connectivity index is 1.83. The van der Waals surface area contributed by atoms with Crippen LogP contribution in [0, 0.1) is 0 Å². The van der Waals surface area contributed by atoms with Crippen LogP contribution in [0.5, 0.6) is 0 Å². The molecule has 23 heavy (non-hydrogen) atoms. The minimum Gasteiger partial charge on any atom is -0.444 e. The molecule has 128 valence electrons. The molecule has 1 aliphatic rings. The van der Waals surface area contributed by atoms with E-state index in [-0.39, 0.29) is 24.9 Å². The predicted molar refractivity (Wildman–Crippen MR) is 83.5 cm³/mol. The number of piperidine rings is 1. The van der Waals surface area contributed by atoms with E-state index in [0.29, 0.717) is 6.54 Å². The number of carbonyl (C=O) groups excluding carboxylic acids is 2. The van der Waals surface area contributed by atoms with Crippen molar-refractivity contribution >= 4 is 12.0 Å². The molecule has 2 heterocycles. The lowest BCUT2D eigenvalue weighted by molar-refractivity contribution is -0.135. The minimum absolute atomic E-state index is 0.00200. The van der Waals surface area contributed by atoms with Gasteiger partial charge in [0.25, 0.3) is 0 Å². The number of nitrogens with zero attached hydrogens (tertiary/aromatic N) is 3. The summed E-state index contributed by atoms with van der Waals surface area (Å²) in [6, 6.07) is -0.0553. The molecule has 1 aromatic rings. The van der Waals surface area contributed by atoms with Gasteiger partial charge in [0.2, 0.25) is 5.91 Å². The fraction of sp³-hybridized carbons (Fsp3) is 0.733. The lowest BCUT2D eigenvalue weighted by Gasteiger charge is -2.34. The van der Waals surface area contributed by atoms with Gasteiger partial charge in [0.05, 0.1) is 6.04 Å². The second-order valence-corrected chi connectivity index (χ2v) is 6.65. The summed E-state index contributed by atoms with van der Waals surface area (Å²) < 4.78 is 5.15. The normalized spacial score (nSPS) is 18.6. The minimum atomic E-state index is -0.543. The van der Waals surface area contributed by atoms with Gasteiger partial charge in [-0.15, -0.1) is 0 Å². The average molecular weight is 323 g/mol. The highest BCUT2D eigenvalue weighted by Crippen LogP contribution is 2.28.